The number of carbonyl (C=O) groups excluding carboxylic acids is 1. The van der Waals surface area contributed by atoms with E-state index >= 15 is 0 Å². The summed E-state index contributed by atoms with van der Waals surface area (Å²) >= 11 is 5.48. The minimum absolute atomic E-state index is 0.0495. The van der Waals surface area contributed by atoms with Gasteiger partial charge in [0.05, 0.1) is 30.5 Å². The van der Waals surface area contributed by atoms with Gasteiger partial charge in [-0.2, -0.15) is 0 Å². The second kappa shape index (κ2) is 11.7. The summed E-state index contributed by atoms with van der Waals surface area (Å²) in [5.74, 6) is 0.145. The van der Waals surface area contributed by atoms with Gasteiger partial charge in [0.25, 0.3) is 0 Å². The molecule has 3 aromatic carbocycles. The molecular weight excluding hydrogens is 479 g/mol. The lowest BCUT2D eigenvalue weighted by Gasteiger charge is -2.31. The molecule has 3 aromatic rings. The van der Waals surface area contributed by atoms with Crippen molar-refractivity contribution in [1.82, 2.24) is 10.6 Å². The molecule has 0 fully saturated rings. The van der Waals surface area contributed by atoms with Crippen LogP contribution in [0.2, 0.25) is 0 Å². The topological polar surface area (TPSA) is 68.8 Å². The number of esters is 1. The van der Waals surface area contributed by atoms with E-state index in [0.717, 1.165) is 11.1 Å². The van der Waals surface area contributed by atoms with Gasteiger partial charge in [-0.15, -0.1) is 0 Å². The maximum Gasteiger partial charge on any atom is 0.338 e. The minimum atomic E-state index is -0.590. The van der Waals surface area contributed by atoms with Crippen LogP contribution in [0.5, 0.6) is 11.5 Å². The van der Waals surface area contributed by atoms with Gasteiger partial charge in [-0.25, -0.2) is 9.18 Å². The van der Waals surface area contributed by atoms with Gasteiger partial charge < -0.3 is 24.8 Å². The third-order valence-corrected chi connectivity index (χ3v) is 5.79. The van der Waals surface area contributed by atoms with Gasteiger partial charge in [0, 0.05) is 5.56 Å². The predicted octanol–water partition coefficient (Wildman–Crippen LogP) is 5.30. The summed E-state index contributed by atoms with van der Waals surface area (Å²) in [6, 6.07) is 20.7. The molecule has 36 heavy (non-hydrogen) atoms. The fourth-order valence-electron chi connectivity index (χ4n) is 3.94. The Kier molecular flexibility index (Phi) is 8.17. The third kappa shape index (κ3) is 5.66. The monoisotopic (exact) mass is 506 g/mol. The summed E-state index contributed by atoms with van der Waals surface area (Å²) < 4.78 is 31.2. The van der Waals surface area contributed by atoms with Gasteiger partial charge in [0.1, 0.15) is 12.4 Å². The summed E-state index contributed by atoms with van der Waals surface area (Å²) in [5, 5.41) is 6.70. The van der Waals surface area contributed by atoms with Gasteiger partial charge >= 0.3 is 5.97 Å². The fraction of sp³-hybridized carbons (Fsp3) is 0.214. The molecular formula is C28H27FN2O4S. The Bertz CT molecular complexity index is 1280. The molecule has 0 bridgehead atoms. The maximum absolute atomic E-state index is 14.1. The molecule has 0 radical (unpaired) electrons. The molecule has 1 aliphatic heterocycles. The molecule has 1 heterocycles. The number of thiocarbonyl (C=S) groups is 1. The van der Waals surface area contributed by atoms with Crippen LogP contribution in [0.25, 0.3) is 5.70 Å². The molecule has 186 valence electrons. The molecule has 1 aliphatic rings. The van der Waals surface area contributed by atoms with E-state index in [-0.39, 0.29) is 19.0 Å². The molecule has 0 aromatic heterocycles. The van der Waals surface area contributed by atoms with Crippen LogP contribution in [0.15, 0.2) is 78.4 Å². The highest BCUT2D eigenvalue weighted by Gasteiger charge is 2.33. The van der Waals surface area contributed by atoms with Crippen LogP contribution in [0.1, 0.15) is 36.6 Å². The summed E-state index contributed by atoms with van der Waals surface area (Å²) in [7, 11) is 0. The molecule has 4 rings (SSSR count). The van der Waals surface area contributed by atoms with E-state index in [1.165, 1.54) is 6.07 Å². The second-order valence-corrected chi connectivity index (χ2v) is 8.33. The highest BCUT2D eigenvalue weighted by molar-refractivity contribution is 7.80. The van der Waals surface area contributed by atoms with Crippen molar-refractivity contribution in [2.45, 2.75) is 26.5 Å². The second-order valence-electron chi connectivity index (χ2n) is 7.93. The average Bonchev–Trinajstić information content (AvgIpc) is 2.89. The predicted molar refractivity (Wildman–Crippen MR) is 140 cm³/mol. The molecule has 6 nitrogen and oxygen atoms in total. The highest BCUT2D eigenvalue weighted by atomic mass is 32.1. The van der Waals surface area contributed by atoms with Crippen molar-refractivity contribution in [1.29, 1.82) is 0 Å². The van der Waals surface area contributed by atoms with Crippen LogP contribution in [-0.4, -0.2) is 24.3 Å². The molecule has 1 atom stereocenters. The van der Waals surface area contributed by atoms with Crippen molar-refractivity contribution >= 4 is 29.0 Å². The van der Waals surface area contributed by atoms with Gasteiger partial charge in [-0.05, 0) is 55.4 Å². The number of rotatable bonds is 9. The van der Waals surface area contributed by atoms with E-state index < -0.39 is 12.0 Å². The SMILES string of the molecule is CCOC(=O)C1=C(c2ccccc2)NC(=S)N[C@H]1c1ccc(OCc2ccccc2F)c(OCC)c1. The first kappa shape index (κ1) is 25.2. The van der Waals surface area contributed by atoms with Crippen molar-refractivity contribution in [2.75, 3.05) is 13.2 Å². The summed E-state index contributed by atoms with van der Waals surface area (Å²) in [4.78, 5) is 13.1. The number of carbonyl (C=O) groups is 1. The number of ether oxygens (including phenoxy) is 3. The van der Waals surface area contributed by atoms with Crippen molar-refractivity contribution < 1.29 is 23.4 Å². The van der Waals surface area contributed by atoms with Crippen molar-refractivity contribution in [3.8, 4) is 11.5 Å². The van der Waals surface area contributed by atoms with Gasteiger partial charge in [0.15, 0.2) is 16.6 Å². The van der Waals surface area contributed by atoms with Crippen LogP contribution >= 0.6 is 12.2 Å². The first-order valence-electron chi connectivity index (χ1n) is 11.7. The van der Waals surface area contributed by atoms with Gasteiger partial charge in [-0.3, -0.25) is 0 Å². The molecule has 0 unspecified atom stereocenters. The van der Waals surface area contributed by atoms with Crippen LogP contribution in [0, 0.1) is 5.82 Å². The zero-order valence-electron chi connectivity index (χ0n) is 20.0. The highest BCUT2D eigenvalue weighted by Crippen LogP contribution is 2.37. The first-order valence-corrected chi connectivity index (χ1v) is 12.1. The zero-order chi connectivity index (χ0) is 25.5. The van der Waals surface area contributed by atoms with E-state index in [1.807, 2.05) is 43.3 Å². The lowest BCUT2D eigenvalue weighted by molar-refractivity contribution is -0.138. The number of hydrogen-bond donors (Lipinski definition) is 2. The molecule has 0 amide bonds. The first-order chi connectivity index (χ1) is 17.5. The Labute approximate surface area is 215 Å². The lowest BCUT2D eigenvalue weighted by Crippen LogP contribution is -2.45. The molecule has 0 spiro atoms. The van der Waals surface area contributed by atoms with E-state index in [9.17, 15) is 9.18 Å². The molecule has 0 aliphatic carbocycles. The van der Waals surface area contributed by atoms with Gasteiger partial charge in [-0.1, -0.05) is 54.6 Å². The van der Waals surface area contributed by atoms with Crippen molar-refractivity contribution in [3.05, 3.63) is 101 Å². The largest absolute Gasteiger partial charge is 0.490 e. The van der Waals surface area contributed by atoms with Crippen molar-refractivity contribution in [2.24, 2.45) is 0 Å². The summed E-state index contributed by atoms with van der Waals surface area (Å²) in [5.41, 5.74) is 2.97. The Morgan fingerprint density at radius 2 is 1.69 bits per heavy atom. The molecule has 0 saturated heterocycles. The standard InChI is InChI=1S/C28H27FN2O4S/c1-3-33-23-16-19(14-15-22(23)35-17-20-12-8-9-13-21(20)29)26-24(27(32)34-4-2)25(30-28(36)31-26)18-10-6-5-7-11-18/h5-16,26H,3-4,17H2,1-2H3,(H2,30,31,36)/t26-/m0/s1. The Morgan fingerprint density at radius 1 is 0.944 bits per heavy atom. The number of hydrogen-bond acceptors (Lipinski definition) is 5. The Hall–Kier alpha value is -3.91. The Morgan fingerprint density at radius 3 is 2.42 bits per heavy atom. The van der Waals surface area contributed by atoms with Crippen LogP contribution in [0.4, 0.5) is 4.39 Å². The number of halogens is 1. The van der Waals surface area contributed by atoms with Gasteiger partial charge in [0.2, 0.25) is 0 Å². The summed E-state index contributed by atoms with van der Waals surface area (Å²) in [6.07, 6.45) is 0. The zero-order valence-corrected chi connectivity index (χ0v) is 20.9. The number of nitrogens with one attached hydrogen (secondary N) is 2. The maximum atomic E-state index is 14.1. The summed E-state index contributed by atoms with van der Waals surface area (Å²) in [6.45, 7) is 4.30. The van der Waals surface area contributed by atoms with E-state index in [4.69, 9.17) is 26.4 Å². The normalized spacial score (nSPS) is 15.1. The van der Waals surface area contributed by atoms with Crippen LogP contribution in [0.3, 0.4) is 0 Å². The lowest BCUT2D eigenvalue weighted by atomic mass is 9.92. The quantitative estimate of drug-likeness (QED) is 0.302. The Balaban J connectivity index is 1.73. The molecule has 2 N–H and O–H groups in total. The fourth-order valence-corrected chi connectivity index (χ4v) is 4.16. The smallest absolute Gasteiger partial charge is 0.338 e. The van der Waals surface area contributed by atoms with E-state index in [1.54, 1.807) is 37.3 Å². The minimum Gasteiger partial charge on any atom is -0.490 e. The van der Waals surface area contributed by atoms with E-state index in [0.29, 0.717) is 40.1 Å². The molecule has 0 saturated carbocycles. The van der Waals surface area contributed by atoms with Crippen LogP contribution < -0.4 is 20.1 Å². The van der Waals surface area contributed by atoms with Crippen molar-refractivity contribution in [3.63, 3.8) is 0 Å². The third-order valence-electron chi connectivity index (χ3n) is 5.57. The average molecular weight is 507 g/mol. The van der Waals surface area contributed by atoms with E-state index in [2.05, 4.69) is 10.6 Å². The van der Waals surface area contributed by atoms with Crippen LogP contribution in [-0.2, 0) is 16.1 Å². The number of benzene rings is 3. The molecule has 8 heteroatoms.